The van der Waals surface area contributed by atoms with Gasteiger partial charge in [0, 0.05) is 24.7 Å². The number of rotatable bonds is 5. The first-order valence-electron chi connectivity index (χ1n) is 8.61. The third-order valence-corrected chi connectivity index (χ3v) is 6.45. The third-order valence-electron chi connectivity index (χ3n) is 6.45. The number of aliphatic hydroxyl groups is 1. The van der Waals surface area contributed by atoms with Crippen LogP contribution in [0.25, 0.3) is 0 Å². The van der Waals surface area contributed by atoms with Crippen molar-refractivity contribution >= 4 is 0 Å². The summed E-state index contributed by atoms with van der Waals surface area (Å²) in [4.78, 5) is 0. The summed E-state index contributed by atoms with van der Waals surface area (Å²) in [6.07, 6.45) is 7.04. The molecule has 3 rings (SSSR count). The van der Waals surface area contributed by atoms with Gasteiger partial charge in [-0.3, -0.25) is 0 Å². The van der Waals surface area contributed by atoms with Crippen LogP contribution in [-0.2, 0) is 9.47 Å². The lowest BCUT2D eigenvalue weighted by molar-refractivity contribution is -0.191. The predicted octanol–water partition coefficient (Wildman–Crippen LogP) is 2.24. The van der Waals surface area contributed by atoms with Crippen LogP contribution >= 0.6 is 0 Å². The van der Waals surface area contributed by atoms with Gasteiger partial charge in [0.1, 0.15) is 0 Å². The lowest BCUT2D eigenvalue weighted by Crippen LogP contribution is -2.75. The van der Waals surface area contributed by atoms with E-state index in [1.165, 1.54) is 19.3 Å². The molecule has 21 heavy (non-hydrogen) atoms. The normalized spacial score (nSPS) is 40.6. The Labute approximate surface area is 128 Å². The van der Waals surface area contributed by atoms with Crippen LogP contribution in [0, 0.1) is 5.41 Å². The Kier molecular flexibility index (Phi) is 4.11. The van der Waals surface area contributed by atoms with Crippen molar-refractivity contribution in [2.45, 2.75) is 82.6 Å². The van der Waals surface area contributed by atoms with Crippen LogP contribution in [0.1, 0.15) is 59.3 Å². The Hall–Kier alpha value is -0.160. The second-order valence-electron chi connectivity index (χ2n) is 7.83. The van der Waals surface area contributed by atoms with Gasteiger partial charge in [0.2, 0.25) is 0 Å². The second kappa shape index (κ2) is 5.48. The summed E-state index contributed by atoms with van der Waals surface area (Å²) in [7, 11) is 0. The number of hydrogen-bond donors (Lipinski definition) is 2. The average Bonchev–Trinajstić information content (AvgIpc) is 2.44. The lowest BCUT2D eigenvalue weighted by Gasteiger charge is -2.62. The van der Waals surface area contributed by atoms with Gasteiger partial charge in [-0.1, -0.05) is 13.8 Å². The molecule has 0 bridgehead atoms. The molecule has 3 atom stereocenters. The maximum atomic E-state index is 10.0. The highest BCUT2D eigenvalue weighted by atomic mass is 16.5. The molecule has 2 saturated carbocycles. The standard InChI is InChI=1S/C17H31NO3/c1-4-20-14-11-17(12-19,15(14,2)3)18-13-6-9-21-16(10-13)7-5-8-16/h13-14,18-19H,4-12H2,1-3H3. The second-order valence-corrected chi connectivity index (χ2v) is 7.83. The van der Waals surface area contributed by atoms with Crippen molar-refractivity contribution in [1.29, 1.82) is 0 Å². The first kappa shape index (κ1) is 15.7. The molecule has 0 amide bonds. The van der Waals surface area contributed by atoms with Crippen molar-refractivity contribution in [3.8, 4) is 0 Å². The Bertz CT molecular complexity index is 380. The monoisotopic (exact) mass is 297 g/mol. The van der Waals surface area contributed by atoms with Gasteiger partial charge in [0.15, 0.2) is 0 Å². The van der Waals surface area contributed by atoms with Crippen molar-refractivity contribution in [2.75, 3.05) is 19.8 Å². The highest BCUT2D eigenvalue weighted by Gasteiger charge is 2.61. The van der Waals surface area contributed by atoms with Crippen LogP contribution < -0.4 is 5.32 Å². The molecule has 0 radical (unpaired) electrons. The van der Waals surface area contributed by atoms with Crippen LogP contribution in [-0.4, -0.2) is 48.2 Å². The summed E-state index contributed by atoms with van der Waals surface area (Å²) in [5.74, 6) is 0. The van der Waals surface area contributed by atoms with E-state index >= 15 is 0 Å². The van der Waals surface area contributed by atoms with Crippen LogP contribution in [0.15, 0.2) is 0 Å². The van der Waals surface area contributed by atoms with E-state index in [0.29, 0.717) is 6.04 Å². The van der Waals surface area contributed by atoms with Gasteiger partial charge >= 0.3 is 0 Å². The van der Waals surface area contributed by atoms with Crippen LogP contribution in [0.2, 0.25) is 0 Å². The van der Waals surface area contributed by atoms with Crippen LogP contribution in [0.3, 0.4) is 0 Å². The summed E-state index contributed by atoms with van der Waals surface area (Å²) in [5, 5.41) is 13.9. The SMILES string of the molecule is CCOC1CC(CO)(NC2CCOC3(CCC3)C2)C1(C)C. The van der Waals surface area contributed by atoms with E-state index in [4.69, 9.17) is 9.47 Å². The Balaban J connectivity index is 1.65. The first-order chi connectivity index (χ1) is 9.97. The number of nitrogens with one attached hydrogen (secondary N) is 1. The molecule has 4 heteroatoms. The highest BCUT2D eigenvalue weighted by Crippen LogP contribution is 2.52. The van der Waals surface area contributed by atoms with Gasteiger partial charge in [-0.15, -0.1) is 0 Å². The molecule has 3 aliphatic rings. The average molecular weight is 297 g/mol. The third kappa shape index (κ3) is 2.44. The molecule has 0 aromatic heterocycles. The zero-order valence-electron chi connectivity index (χ0n) is 13.8. The highest BCUT2D eigenvalue weighted by molar-refractivity contribution is 5.16. The molecule has 4 nitrogen and oxygen atoms in total. The van der Waals surface area contributed by atoms with E-state index in [1.807, 2.05) is 6.92 Å². The molecule has 1 spiro atoms. The molecule has 1 aliphatic heterocycles. The summed E-state index contributed by atoms with van der Waals surface area (Å²) in [6, 6.07) is 0.466. The Morgan fingerprint density at radius 2 is 2.05 bits per heavy atom. The smallest absolute Gasteiger partial charge is 0.0697 e. The van der Waals surface area contributed by atoms with Gasteiger partial charge < -0.3 is 19.9 Å². The number of ether oxygens (including phenoxy) is 2. The molecule has 0 aromatic rings. The van der Waals surface area contributed by atoms with Crippen molar-refractivity contribution < 1.29 is 14.6 Å². The van der Waals surface area contributed by atoms with E-state index in [9.17, 15) is 5.11 Å². The molecule has 1 saturated heterocycles. The zero-order chi connectivity index (χ0) is 15.1. The van der Waals surface area contributed by atoms with E-state index in [2.05, 4.69) is 19.2 Å². The number of aliphatic hydroxyl groups excluding tert-OH is 1. The van der Waals surface area contributed by atoms with E-state index in [0.717, 1.165) is 32.5 Å². The molecule has 0 aromatic carbocycles. The molecule has 2 aliphatic carbocycles. The summed E-state index contributed by atoms with van der Waals surface area (Å²) >= 11 is 0. The Morgan fingerprint density at radius 1 is 1.29 bits per heavy atom. The molecular formula is C17H31NO3. The summed E-state index contributed by atoms with van der Waals surface area (Å²) in [6.45, 7) is 8.27. The van der Waals surface area contributed by atoms with Gasteiger partial charge in [-0.2, -0.15) is 0 Å². The maximum absolute atomic E-state index is 10.0. The predicted molar refractivity (Wildman–Crippen MR) is 82.3 cm³/mol. The van der Waals surface area contributed by atoms with E-state index in [1.54, 1.807) is 0 Å². The summed E-state index contributed by atoms with van der Waals surface area (Å²) < 4.78 is 11.9. The fourth-order valence-electron chi connectivity index (χ4n) is 4.50. The van der Waals surface area contributed by atoms with E-state index in [-0.39, 0.29) is 29.3 Å². The summed E-state index contributed by atoms with van der Waals surface area (Å²) in [5.41, 5.74) is -0.0671. The largest absolute Gasteiger partial charge is 0.394 e. The minimum atomic E-state index is -0.195. The molecule has 3 fully saturated rings. The van der Waals surface area contributed by atoms with Crippen molar-refractivity contribution in [1.82, 2.24) is 5.32 Å². The van der Waals surface area contributed by atoms with Crippen molar-refractivity contribution in [2.24, 2.45) is 5.41 Å². The van der Waals surface area contributed by atoms with Crippen LogP contribution in [0.4, 0.5) is 0 Å². The molecular weight excluding hydrogens is 266 g/mol. The molecule has 3 unspecified atom stereocenters. The Morgan fingerprint density at radius 3 is 2.57 bits per heavy atom. The molecule has 2 N–H and O–H groups in total. The molecule has 1 heterocycles. The van der Waals surface area contributed by atoms with Crippen molar-refractivity contribution in [3.63, 3.8) is 0 Å². The van der Waals surface area contributed by atoms with Gasteiger partial charge in [-0.05, 0) is 45.4 Å². The minimum Gasteiger partial charge on any atom is -0.394 e. The fraction of sp³-hybridized carbons (Fsp3) is 1.00. The lowest BCUT2D eigenvalue weighted by atomic mass is 9.54. The topological polar surface area (TPSA) is 50.7 Å². The van der Waals surface area contributed by atoms with Gasteiger partial charge in [-0.25, -0.2) is 0 Å². The first-order valence-corrected chi connectivity index (χ1v) is 8.61. The zero-order valence-corrected chi connectivity index (χ0v) is 13.8. The number of hydrogen-bond acceptors (Lipinski definition) is 4. The fourth-order valence-corrected chi connectivity index (χ4v) is 4.50. The minimum absolute atomic E-state index is 0.0250. The quantitative estimate of drug-likeness (QED) is 0.817. The van der Waals surface area contributed by atoms with Gasteiger partial charge in [0.05, 0.1) is 23.9 Å². The maximum Gasteiger partial charge on any atom is 0.0697 e. The van der Waals surface area contributed by atoms with Crippen molar-refractivity contribution in [3.05, 3.63) is 0 Å². The van der Waals surface area contributed by atoms with Gasteiger partial charge in [0.25, 0.3) is 0 Å². The molecule has 122 valence electrons. The van der Waals surface area contributed by atoms with E-state index < -0.39 is 0 Å². The van der Waals surface area contributed by atoms with Crippen LogP contribution in [0.5, 0.6) is 0 Å².